The van der Waals surface area contributed by atoms with E-state index in [4.69, 9.17) is 10.8 Å². The van der Waals surface area contributed by atoms with Crippen LogP contribution in [0.4, 0.5) is 0 Å². The van der Waals surface area contributed by atoms with Crippen molar-refractivity contribution >= 4 is 71.1 Å². The molecule has 0 aromatic rings. The van der Waals surface area contributed by atoms with Gasteiger partial charge in [-0.15, -0.1) is 0 Å². The second kappa shape index (κ2) is 22.9. The van der Waals surface area contributed by atoms with Crippen LogP contribution in [-0.2, 0) is 47.9 Å². The number of thioether (sulfide) groups is 1. The number of nitrogens with two attached hydrogens (primary N) is 1. The minimum Gasteiger partial charge on any atom is -0.481 e. The average Bonchev–Trinajstić information content (AvgIpc) is 3.57. The zero-order valence-electron chi connectivity index (χ0n) is 30.5. The Hall–Kier alpha value is -4.99. The Morgan fingerprint density at radius 2 is 1.17 bits per heavy atom. The van der Waals surface area contributed by atoms with Gasteiger partial charge < -0.3 is 57.6 Å². The van der Waals surface area contributed by atoms with Gasteiger partial charge in [0.25, 0.3) is 0 Å². The largest absolute Gasteiger partial charge is 0.481 e. The van der Waals surface area contributed by atoms with E-state index in [1.54, 1.807) is 6.26 Å². The molecule has 54 heavy (non-hydrogen) atoms. The third-order valence-corrected chi connectivity index (χ3v) is 8.92. The molecule has 0 bridgehead atoms. The van der Waals surface area contributed by atoms with Gasteiger partial charge in [-0.2, -0.15) is 11.8 Å². The molecule has 1 aliphatic rings. The van der Waals surface area contributed by atoms with E-state index in [2.05, 4.69) is 26.6 Å². The number of carboxylic acids is 4. The highest BCUT2D eigenvalue weighted by Gasteiger charge is 2.38. The molecule has 0 aliphatic carbocycles. The van der Waals surface area contributed by atoms with Crippen molar-refractivity contribution in [2.45, 2.75) is 114 Å². The maximum atomic E-state index is 13.6. The van der Waals surface area contributed by atoms with Crippen molar-refractivity contribution in [3.63, 3.8) is 0 Å². The van der Waals surface area contributed by atoms with Crippen LogP contribution in [0, 0.1) is 5.92 Å². The minimum atomic E-state index is -1.80. The summed E-state index contributed by atoms with van der Waals surface area (Å²) in [5.41, 5.74) is 5.70. The zero-order chi connectivity index (χ0) is 41.3. The molecule has 1 heterocycles. The third kappa shape index (κ3) is 15.9. The molecule has 1 aliphatic heterocycles. The van der Waals surface area contributed by atoms with Crippen molar-refractivity contribution in [1.82, 2.24) is 31.5 Å². The molecule has 0 spiro atoms. The van der Waals surface area contributed by atoms with Crippen molar-refractivity contribution in [2.75, 3.05) is 18.6 Å². The van der Waals surface area contributed by atoms with E-state index in [0.29, 0.717) is 12.2 Å². The first-order valence-electron chi connectivity index (χ1n) is 17.1. The van der Waals surface area contributed by atoms with Gasteiger partial charge in [0.2, 0.25) is 35.4 Å². The predicted molar refractivity (Wildman–Crippen MR) is 190 cm³/mol. The second-order valence-corrected chi connectivity index (χ2v) is 14.0. The van der Waals surface area contributed by atoms with Crippen LogP contribution in [0.1, 0.15) is 72.1 Å². The molecule has 0 saturated carbocycles. The summed E-state index contributed by atoms with van der Waals surface area (Å²) < 4.78 is 0. The summed E-state index contributed by atoms with van der Waals surface area (Å²) >= 11 is 1.29. The molecule has 1 saturated heterocycles. The van der Waals surface area contributed by atoms with E-state index in [1.165, 1.54) is 37.4 Å². The number of hydrogen-bond donors (Lipinski definition) is 10. The Kier molecular flexibility index (Phi) is 20.0. The minimum absolute atomic E-state index is 0.0182. The number of likely N-dealkylation sites (tertiary alicyclic amines) is 1. The topological polar surface area (TPSA) is 341 Å². The van der Waals surface area contributed by atoms with Crippen molar-refractivity contribution in [3.05, 3.63) is 0 Å². The van der Waals surface area contributed by atoms with Crippen LogP contribution in [-0.4, -0.2) is 145 Å². The van der Waals surface area contributed by atoms with E-state index in [9.17, 15) is 63.3 Å². The number of rotatable bonds is 24. The highest BCUT2D eigenvalue weighted by Crippen LogP contribution is 2.19. The molecule has 0 unspecified atom stereocenters. The maximum absolute atomic E-state index is 13.6. The van der Waals surface area contributed by atoms with Crippen LogP contribution in [0.2, 0.25) is 0 Å². The van der Waals surface area contributed by atoms with Gasteiger partial charge in [0.05, 0.1) is 12.5 Å². The van der Waals surface area contributed by atoms with Crippen LogP contribution in [0.3, 0.4) is 0 Å². The number of carbonyl (C=O) groups excluding carboxylic acids is 6. The Morgan fingerprint density at radius 1 is 0.685 bits per heavy atom. The van der Waals surface area contributed by atoms with Gasteiger partial charge in [0.1, 0.15) is 36.3 Å². The van der Waals surface area contributed by atoms with E-state index >= 15 is 0 Å². The average molecular weight is 790 g/mol. The van der Waals surface area contributed by atoms with Crippen molar-refractivity contribution in [1.29, 1.82) is 0 Å². The van der Waals surface area contributed by atoms with Crippen molar-refractivity contribution in [3.8, 4) is 0 Å². The van der Waals surface area contributed by atoms with Crippen LogP contribution in [0.25, 0.3) is 0 Å². The lowest BCUT2D eigenvalue weighted by molar-refractivity contribution is -0.147. The number of nitrogens with one attached hydrogen (secondary N) is 5. The quantitative estimate of drug-likeness (QED) is 0.0481. The molecule has 0 aromatic heterocycles. The fraction of sp³-hybridized carbons (Fsp3) is 0.688. The second-order valence-electron chi connectivity index (χ2n) is 13.0. The Balaban J connectivity index is 3.28. The fourth-order valence-corrected chi connectivity index (χ4v) is 5.85. The maximum Gasteiger partial charge on any atom is 0.326 e. The van der Waals surface area contributed by atoms with E-state index in [-0.39, 0.29) is 19.4 Å². The normalized spacial score (nSPS) is 17.1. The van der Waals surface area contributed by atoms with Gasteiger partial charge in [-0.3, -0.25) is 43.2 Å². The molecule has 0 radical (unpaired) electrons. The number of aliphatic carboxylic acids is 4. The molecule has 11 N–H and O–H groups in total. The number of hydrogen-bond acceptors (Lipinski definition) is 12. The molecule has 0 aromatic carbocycles. The first kappa shape index (κ1) is 47.0. The van der Waals surface area contributed by atoms with Crippen LogP contribution in [0.5, 0.6) is 0 Å². The number of carbonyl (C=O) groups is 10. The number of amides is 6. The van der Waals surface area contributed by atoms with Crippen LogP contribution in [0.15, 0.2) is 0 Å². The lowest BCUT2D eigenvalue weighted by Crippen LogP contribution is -2.60. The molecular weight excluding hydrogens is 738 g/mol. The van der Waals surface area contributed by atoms with Gasteiger partial charge in [-0.05, 0) is 57.0 Å². The first-order valence-corrected chi connectivity index (χ1v) is 18.5. The summed E-state index contributed by atoms with van der Waals surface area (Å²) in [6.45, 7) is 4.72. The summed E-state index contributed by atoms with van der Waals surface area (Å²) in [7, 11) is 0. The van der Waals surface area contributed by atoms with Gasteiger partial charge in [0.15, 0.2) is 0 Å². The van der Waals surface area contributed by atoms with E-state index < -0.39 is 140 Å². The van der Waals surface area contributed by atoms with E-state index in [1.807, 2.05) is 0 Å². The summed E-state index contributed by atoms with van der Waals surface area (Å²) in [4.78, 5) is 126. The number of carboxylic acid groups (broad SMARTS) is 4. The molecule has 6 amide bonds. The fourth-order valence-electron chi connectivity index (χ4n) is 5.38. The molecular formula is C32H51N7O14S. The molecule has 7 atom stereocenters. The van der Waals surface area contributed by atoms with Crippen molar-refractivity contribution in [2.24, 2.45) is 11.7 Å². The Bertz CT molecular complexity index is 1410. The zero-order valence-corrected chi connectivity index (χ0v) is 31.3. The number of nitrogens with zero attached hydrogens (tertiary/aromatic N) is 1. The molecule has 22 heteroatoms. The van der Waals surface area contributed by atoms with Crippen LogP contribution >= 0.6 is 11.8 Å². The van der Waals surface area contributed by atoms with Gasteiger partial charge in [-0.1, -0.05) is 13.8 Å². The Morgan fingerprint density at radius 3 is 1.63 bits per heavy atom. The smallest absolute Gasteiger partial charge is 0.326 e. The molecule has 304 valence electrons. The first-order chi connectivity index (χ1) is 25.2. The molecule has 1 fully saturated rings. The highest BCUT2D eigenvalue weighted by atomic mass is 32.2. The summed E-state index contributed by atoms with van der Waals surface area (Å²) in [5, 5.41) is 48.7. The summed E-state index contributed by atoms with van der Waals surface area (Å²) in [5.74, 6) is -11.4. The predicted octanol–water partition coefficient (Wildman–Crippen LogP) is -2.55. The standard InChI is InChI=1S/C32H51N7O14S/c1-15(2)25(30(50)36-19(11-13-54-4)27(47)37-20(32(52)53)14-24(44)45)38-28(48)18(8-10-23(42)43)34-26(46)17(7-9-22(40)41)35-29(49)21-6-5-12-39(21)31(51)16(3)33/h15-21,25H,5-14,33H2,1-4H3,(H,34,46)(H,35,49)(H,36,50)(H,37,47)(H,38,48)(H,40,41)(H,42,43)(H,44,45)(H,52,53)/t16-,17-,18-,19-,20-,21-,25-/m0/s1. The van der Waals surface area contributed by atoms with Crippen molar-refractivity contribution < 1.29 is 68.4 Å². The summed E-state index contributed by atoms with van der Waals surface area (Å²) in [6.07, 6.45) is -0.741. The third-order valence-electron chi connectivity index (χ3n) is 8.27. The van der Waals surface area contributed by atoms with Gasteiger partial charge in [0, 0.05) is 19.4 Å². The SMILES string of the molecule is CSCC[C@H](NC(=O)[C@@H](NC(=O)[C@H](CCC(=O)O)NC(=O)[C@H](CCC(=O)O)NC(=O)[C@@H]1CCCN1C(=O)[C@H](C)N)C(C)C)C(=O)N[C@@H](CC(=O)O)C(=O)O. The van der Waals surface area contributed by atoms with Gasteiger partial charge >= 0.3 is 23.9 Å². The lowest BCUT2D eigenvalue weighted by atomic mass is 10.0. The van der Waals surface area contributed by atoms with Crippen LogP contribution < -0.4 is 32.3 Å². The lowest BCUT2D eigenvalue weighted by Gasteiger charge is -2.29. The molecule has 1 rings (SSSR count). The van der Waals surface area contributed by atoms with E-state index in [0.717, 1.165) is 0 Å². The van der Waals surface area contributed by atoms with Gasteiger partial charge in [-0.25, -0.2) is 4.79 Å². The summed E-state index contributed by atoms with van der Waals surface area (Å²) in [6, 6.07) is -9.66. The molecule has 21 nitrogen and oxygen atoms in total. The Labute approximate surface area is 315 Å². The highest BCUT2D eigenvalue weighted by molar-refractivity contribution is 7.98. The monoisotopic (exact) mass is 789 g/mol.